The van der Waals surface area contributed by atoms with Crippen LogP contribution in [0.5, 0.6) is 0 Å². The Morgan fingerprint density at radius 2 is 2.00 bits per heavy atom. The summed E-state index contributed by atoms with van der Waals surface area (Å²) in [6.07, 6.45) is 1.37. The zero-order valence-corrected chi connectivity index (χ0v) is 17.5. The van der Waals surface area contributed by atoms with Crippen LogP contribution in [0.4, 0.5) is 0 Å². The smallest absolute Gasteiger partial charge is 0.330 e. The van der Waals surface area contributed by atoms with E-state index in [1.165, 1.54) is 0 Å². The Labute approximate surface area is 174 Å². The van der Waals surface area contributed by atoms with Gasteiger partial charge in [0.25, 0.3) is 0 Å². The fourth-order valence-corrected chi connectivity index (χ4v) is 3.31. The van der Waals surface area contributed by atoms with Gasteiger partial charge in [-0.25, -0.2) is 4.79 Å². The first-order chi connectivity index (χ1) is 13.7. The molecule has 2 aromatic carbocycles. The van der Waals surface area contributed by atoms with E-state index in [0.717, 1.165) is 28.4 Å². The molecule has 1 heterocycles. The molecule has 0 spiro atoms. The molecule has 0 radical (unpaired) electrons. The molecule has 0 aliphatic rings. The lowest BCUT2D eigenvalue weighted by Crippen LogP contribution is -2.25. The number of hydrogen-bond acceptors (Lipinski definition) is 5. The van der Waals surface area contributed by atoms with Crippen LogP contribution in [0.3, 0.4) is 0 Å². The number of carbonyl (C=O) groups excluding carboxylic acids is 1. The molecular weight excluding hydrogens is 390 g/mol. The molecule has 3 rings (SSSR count). The lowest BCUT2D eigenvalue weighted by molar-refractivity contribution is -0.142. The van der Waals surface area contributed by atoms with Gasteiger partial charge in [0.2, 0.25) is 0 Å². The van der Waals surface area contributed by atoms with E-state index in [0.29, 0.717) is 17.0 Å². The molecule has 0 saturated heterocycles. The van der Waals surface area contributed by atoms with E-state index in [1.54, 1.807) is 16.9 Å². The molecule has 0 amide bonds. The Kier molecular flexibility index (Phi) is 6.05. The quantitative estimate of drug-likeness (QED) is 0.468. The second-order valence-corrected chi connectivity index (χ2v) is 8.11. The summed E-state index contributed by atoms with van der Waals surface area (Å²) in [6.45, 7) is 9.14. The number of esters is 1. The Hall–Kier alpha value is -2.70. The molecule has 1 unspecified atom stereocenters. The monoisotopic (exact) mass is 413 g/mol. The van der Waals surface area contributed by atoms with Crippen molar-refractivity contribution < 1.29 is 14.6 Å². The van der Waals surface area contributed by atoms with E-state index in [-0.39, 0.29) is 12.7 Å². The molecule has 0 fully saturated rings. The van der Waals surface area contributed by atoms with Crippen LogP contribution in [0.25, 0.3) is 16.7 Å². The zero-order valence-electron chi connectivity index (χ0n) is 16.7. The minimum atomic E-state index is -0.494. The number of benzene rings is 2. The average molecular weight is 414 g/mol. The summed E-state index contributed by atoms with van der Waals surface area (Å²) in [6, 6.07) is 11.2. The zero-order chi connectivity index (χ0) is 21.2. The number of rotatable bonds is 7. The second-order valence-electron chi connectivity index (χ2n) is 7.67. The Morgan fingerprint density at radius 3 is 2.69 bits per heavy atom. The molecule has 0 aliphatic heterocycles. The molecule has 1 N–H and O–H groups in total. The van der Waals surface area contributed by atoms with Crippen molar-refractivity contribution in [2.75, 3.05) is 6.61 Å². The number of ether oxygens (including phenoxy) is 1. The third-order valence-electron chi connectivity index (χ3n) is 4.75. The van der Waals surface area contributed by atoms with Crippen LogP contribution < -0.4 is 0 Å². The van der Waals surface area contributed by atoms with Gasteiger partial charge < -0.3 is 9.84 Å². The first-order valence-corrected chi connectivity index (χ1v) is 9.71. The van der Waals surface area contributed by atoms with Crippen LogP contribution >= 0.6 is 11.6 Å². The molecule has 1 aromatic heterocycles. The lowest BCUT2D eigenvalue weighted by Gasteiger charge is -2.25. The van der Waals surface area contributed by atoms with Crippen molar-refractivity contribution >= 4 is 28.6 Å². The fraction of sp³-hybridized carbons (Fsp3) is 0.318. The van der Waals surface area contributed by atoms with Gasteiger partial charge >= 0.3 is 5.97 Å². The minimum Gasteiger partial charge on any atom is -0.459 e. The van der Waals surface area contributed by atoms with Gasteiger partial charge in [-0.1, -0.05) is 44.2 Å². The molecule has 1 atom stereocenters. The predicted octanol–water partition coefficient (Wildman–Crippen LogP) is 4.00. The van der Waals surface area contributed by atoms with E-state index in [1.807, 2.05) is 45.0 Å². The van der Waals surface area contributed by atoms with Gasteiger partial charge in [0, 0.05) is 22.9 Å². The number of nitrogens with zero attached hydrogens (tertiary/aromatic N) is 3. The fourth-order valence-electron chi connectivity index (χ4n) is 3.14. The van der Waals surface area contributed by atoms with E-state index in [4.69, 9.17) is 16.3 Å². The highest BCUT2D eigenvalue weighted by Gasteiger charge is 2.25. The van der Waals surface area contributed by atoms with Crippen molar-refractivity contribution in [3.63, 3.8) is 0 Å². The molecular formula is C22H24ClN3O3. The summed E-state index contributed by atoms with van der Waals surface area (Å²) in [5.41, 5.74) is 3.54. The Balaban J connectivity index is 2.05. The van der Waals surface area contributed by atoms with Crippen molar-refractivity contribution in [3.05, 3.63) is 65.2 Å². The van der Waals surface area contributed by atoms with Gasteiger partial charge in [-0.05, 0) is 42.3 Å². The molecule has 7 heteroatoms. The van der Waals surface area contributed by atoms with Crippen molar-refractivity contribution in [3.8, 4) is 5.69 Å². The van der Waals surface area contributed by atoms with Crippen molar-refractivity contribution in [2.24, 2.45) is 0 Å². The summed E-state index contributed by atoms with van der Waals surface area (Å²) in [4.78, 5) is 13.0. The Bertz CT molecular complexity index is 1060. The third-order valence-corrected chi connectivity index (χ3v) is 4.99. The number of aromatic nitrogens is 3. The van der Waals surface area contributed by atoms with E-state index in [2.05, 4.69) is 16.8 Å². The second kappa shape index (κ2) is 8.35. The van der Waals surface area contributed by atoms with Crippen LogP contribution in [0, 0.1) is 0 Å². The van der Waals surface area contributed by atoms with Gasteiger partial charge in [0.05, 0.1) is 12.3 Å². The maximum absolute atomic E-state index is 11.4. The first kappa shape index (κ1) is 21.0. The number of halogens is 1. The molecule has 0 aliphatic carbocycles. The third kappa shape index (κ3) is 4.66. The average Bonchev–Trinajstić information content (AvgIpc) is 3.10. The van der Waals surface area contributed by atoms with Crippen molar-refractivity contribution in [1.82, 2.24) is 15.0 Å². The lowest BCUT2D eigenvalue weighted by atomic mass is 9.83. The Morgan fingerprint density at radius 1 is 1.28 bits per heavy atom. The highest BCUT2D eigenvalue weighted by molar-refractivity contribution is 6.31. The summed E-state index contributed by atoms with van der Waals surface area (Å²) in [7, 11) is 0. The van der Waals surface area contributed by atoms with E-state index >= 15 is 0 Å². The maximum Gasteiger partial charge on any atom is 0.330 e. The molecule has 6 nitrogen and oxygen atoms in total. The van der Waals surface area contributed by atoms with Crippen LogP contribution in [0.1, 0.15) is 31.9 Å². The van der Waals surface area contributed by atoms with E-state index < -0.39 is 11.4 Å². The van der Waals surface area contributed by atoms with Gasteiger partial charge in [0.1, 0.15) is 17.1 Å². The summed E-state index contributed by atoms with van der Waals surface area (Å²) in [5.74, 6) is -0.451. The number of fused-ring (bicyclic) bond motifs is 1. The molecule has 0 saturated carbocycles. The number of carbonyl (C=O) groups is 1. The van der Waals surface area contributed by atoms with Gasteiger partial charge in [-0.2, -0.15) is 4.80 Å². The highest BCUT2D eigenvalue weighted by atomic mass is 35.5. The molecule has 29 heavy (non-hydrogen) atoms. The van der Waals surface area contributed by atoms with Crippen molar-refractivity contribution in [2.45, 2.75) is 38.7 Å². The van der Waals surface area contributed by atoms with E-state index in [9.17, 15) is 9.90 Å². The largest absolute Gasteiger partial charge is 0.459 e. The van der Waals surface area contributed by atoms with Crippen molar-refractivity contribution in [1.29, 1.82) is 0 Å². The summed E-state index contributed by atoms with van der Waals surface area (Å²) >= 11 is 6.08. The predicted molar refractivity (Wildman–Crippen MR) is 113 cm³/mol. The molecule has 3 aromatic rings. The highest BCUT2D eigenvalue weighted by Crippen LogP contribution is 2.30. The van der Waals surface area contributed by atoms with Crippen LogP contribution in [-0.4, -0.2) is 38.8 Å². The number of hydrogen-bond donors (Lipinski definition) is 1. The SMILES string of the molecule is C=CC(=O)OC(C)Cc1ccc(C(C)(C)CO)c(-n2nc3ccc(Cl)cc3n2)c1. The summed E-state index contributed by atoms with van der Waals surface area (Å²) < 4.78 is 5.28. The number of aliphatic hydroxyl groups is 1. The van der Waals surface area contributed by atoms with Crippen LogP contribution in [0.2, 0.25) is 5.02 Å². The minimum absolute atomic E-state index is 0.0285. The van der Waals surface area contributed by atoms with Gasteiger partial charge in [0.15, 0.2) is 0 Å². The standard InChI is InChI=1S/C22H24ClN3O3/c1-5-21(28)29-14(2)10-15-6-8-17(22(3,4)13-27)20(11-15)26-24-18-9-7-16(23)12-19(18)25-26/h5-9,11-12,14,27H,1,10,13H2,2-4H3. The first-order valence-electron chi connectivity index (χ1n) is 9.34. The van der Waals surface area contributed by atoms with Crippen LogP contribution in [-0.2, 0) is 21.4 Å². The maximum atomic E-state index is 11.4. The van der Waals surface area contributed by atoms with Crippen LogP contribution in [0.15, 0.2) is 49.1 Å². The summed E-state index contributed by atoms with van der Waals surface area (Å²) in [5, 5.41) is 19.6. The normalized spacial score (nSPS) is 12.7. The number of aliphatic hydroxyl groups excluding tert-OH is 1. The molecule has 152 valence electrons. The molecule has 0 bridgehead atoms. The van der Waals surface area contributed by atoms with Gasteiger partial charge in [-0.3, -0.25) is 0 Å². The van der Waals surface area contributed by atoms with Gasteiger partial charge in [-0.15, -0.1) is 10.2 Å². The topological polar surface area (TPSA) is 77.2 Å².